The molecule has 24 heavy (non-hydrogen) atoms. The fraction of sp³-hybridized carbons (Fsp3) is 0.0526. The maximum Gasteiger partial charge on any atom is 0.194 e. The highest BCUT2D eigenvalue weighted by Gasteiger charge is 2.31. The van der Waals surface area contributed by atoms with E-state index < -0.39 is 0 Å². The van der Waals surface area contributed by atoms with Crippen molar-refractivity contribution in [1.82, 2.24) is 0 Å². The van der Waals surface area contributed by atoms with Crippen LogP contribution in [0, 0.1) is 6.92 Å². The van der Waals surface area contributed by atoms with Gasteiger partial charge in [-0.05, 0) is 70.0 Å². The van der Waals surface area contributed by atoms with Crippen molar-refractivity contribution in [3.8, 4) is 0 Å². The SMILES string of the molecule is Cc1cc2cc3c(cc2s1)C(=O)c1cc2cc(Br)sc2cc1C3=O. The van der Waals surface area contributed by atoms with Gasteiger partial charge in [0.2, 0.25) is 0 Å². The minimum absolute atomic E-state index is 0.0585. The van der Waals surface area contributed by atoms with Gasteiger partial charge in [-0.1, -0.05) is 0 Å². The molecule has 5 heteroatoms. The fourth-order valence-corrected chi connectivity index (χ4v) is 5.84. The Hall–Kier alpha value is -1.82. The molecule has 1 aliphatic carbocycles. The number of thiophene rings is 2. The van der Waals surface area contributed by atoms with Crippen LogP contribution in [0.15, 0.2) is 40.2 Å². The molecule has 0 saturated heterocycles. The van der Waals surface area contributed by atoms with Gasteiger partial charge in [-0.2, -0.15) is 0 Å². The Bertz CT molecular complexity index is 1030. The van der Waals surface area contributed by atoms with E-state index in [1.165, 1.54) is 4.88 Å². The van der Waals surface area contributed by atoms with Crippen LogP contribution in [0.3, 0.4) is 0 Å². The van der Waals surface area contributed by atoms with Crippen molar-refractivity contribution in [2.24, 2.45) is 0 Å². The molecule has 116 valence electrons. The highest BCUT2D eigenvalue weighted by atomic mass is 79.9. The topological polar surface area (TPSA) is 34.1 Å². The van der Waals surface area contributed by atoms with Crippen LogP contribution in [0.4, 0.5) is 0 Å². The largest absolute Gasteiger partial charge is 0.289 e. The van der Waals surface area contributed by atoms with Gasteiger partial charge in [-0.25, -0.2) is 0 Å². The van der Waals surface area contributed by atoms with E-state index in [-0.39, 0.29) is 11.6 Å². The standard InChI is InChI=1S/C19H9BrO2S2/c1-8-2-9-3-11-13(6-15(9)23-8)19(22)12-4-10-5-17(20)24-16(10)7-14(12)18(11)21/h2-7H,1H3. The number of hydrogen-bond donors (Lipinski definition) is 0. The average Bonchev–Trinajstić information content (AvgIpc) is 3.09. The smallest absolute Gasteiger partial charge is 0.194 e. The normalized spacial score (nSPS) is 13.6. The highest BCUT2D eigenvalue weighted by Crippen LogP contribution is 2.38. The van der Waals surface area contributed by atoms with Crippen molar-refractivity contribution < 1.29 is 9.59 Å². The molecule has 0 fully saturated rings. The zero-order chi connectivity index (χ0) is 16.6. The summed E-state index contributed by atoms with van der Waals surface area (Å²) in [5, 5.41) is 2.02. The maximum absolute atomic E-state index is 13.0. The number of benzene rings is 2. The molecule has 0 bridgehead atoms. The molecule has 2 nitrogen and oxygen atoms in total. The lowest BCUT2D eigenvalue weighted by molar-refractivity contribution is 0.0979. The summed E-state index contributed by atoms with van der Waals surface area (Å²) in [5.74, 6) is -0.117. The summed E-state index contributed by atoms with van der Waals surface area (Å²) in [5.41, 5.74) is 2.07. The summed E-state index contributed by atoms with van der Waals surface area (Å²) in [6, 6.07) is 11.5. The Morgan fingerprint density at radius 1 is 0.708 bits per heavy atom. The first-order chi connectivity index (χ1) is 11.5. The molecule has 0 unspecified atom stereocenters. The predicted molar refractivity (Wildman–Crippen MR) is 103 cm³/mol. The van der Waals surface area contributed by atoms with Crippen molar-refractivity contribution in [2.45, 2.75) is 6.92 Å². The van der Waals surface area contributed by atoms with E-state index in [4.69, 9.17) is 0 Å². The molecule has 0 radical (unpaired) electrons. The first kappa shape index (κ1) is 14.5. The third kappa shape index (κ3) is 1.92. The Kier molecular flexibility index (Phi) is 2.93. The number of hydrogen-bond acceptors (Lipinski definition) is 4. The van der Waals surface area contributed by atoms with Gasteiger partial charge in [0.05, 0.1) is 3.79 Å². The molecule has 0 atom stereocenters. The van der Waals surface area contributed by atoms with Crippen LogP contribution in [0.1, 0.15) is 36.7 Å². The molecule has 2 heterocycles. The third-order valence-electron chi connectivity index (χ3n) is 4.38. The number of aryl methyl sites for hydroxylation is 1. The summed E-state index contributed by atoms with van der Waals surface area (Å²) in [6.45, 7) is 2.04. The molecule has 0 N–H and O–H groups in total. The minimum atomic E-state index is -0.0585. The Labute approximate surface area is 153 Å². The van der Waals surface area contributed by atoms with E-state index in [1.807, 2.05) is 37.3 Å². The van der Waals surface area contributed by atoms with Gasteiger partial charge >= 0.3 is 0 Å². The van der Waals surface area contributed by atoms with Crippen LogP contribution in [0.2, 0.25) is 0 Å². The lowest BCUT2D eigenvalue weighted by atomic mass is 9.83. The Morgan fingerprint density at radius 3 is 1.83 bits per heavy atom. The van der Waals surface area contributed by atoms with Crippen molar-refractivity contribution >= 4 is 70.3 Å². The van der Waals surface area contributed by atoms with E-state index >= 15 is 0 Å². The molecule has 0 saturated carbocycles. The molecule has 2 aromatic carbocycles. The summed E-state index contributed by atoms with van der Waals surface area (Å²) in [6.07, 6.45) is 0. The minimum Gasteiger partial charge on any atom is -0.289 e. The van der Waals surface area contributed by atoms with Crippen LogP contribution in [0.25, 0.3) is 20.2 Å². The van der Waals surface area contributed by atoms with Crippen molar-refractivity contribution in [3.63, 3.8) is 0 Å². The average molecular weight is 413 g/mol. The maximum atomic E-state index is 13.0. The molecule has 1 aliphatic rings. The molecule has 0 spiro atoms. The molecule has 4 aromatic rings. The van der Waals surface area contributed by atoms with Gasteiger partial charge in [0.1, 0.15) is 0 Å². The fourth-order valence-electron chi connectivity index (χ4n) is 3.32. The number of carbonyl (C=O) groups excluding carboxylic acids is 2. The Morgan fingerprint density at radius 2 is 1.21 bits per heavy atom. The van der Waals surface area contributed by atoms with Gasteiger partial charge in [0, 0.05) is 36.5 Å². The summed E-state index contributed by atoms with van der Waals surface area (Å²) in [7, 11) is 0. The molecular formula is C19H9BrO2S2. The zero-order valence-corrected chi connectivity index (χ0v) is 15.7. The van der Waals surface area contributed by atoms with Crippen LogP contribution < -0.4 is 0 Å². The van der Waals surface area contributed by atoms with Crippen LogP contribution in [-0.2, 0) is 0 Å². The number of ketones is 2. The summed E-state index contributed by atoms with van der Waals surface area (Å²) in [4.78, 5) is 27.2. The lowest BCUT2D eigenvalue weighted by Crippen LogP contribution is -2.20. The molecular weight excluding hydrogens is 404 g/mol. The number of rotatable bonds is 0. The monoisotopic (exact) mass is 412 g/mol. The third-order valence-corrected chi connectivity index (χ3v) is 7.00. The highest BCUT2D eigenvalue weighted by molar-refractivity contribution is 9.11. The molecule has 0 aliphatic heterocycles. The zero-order valence-electron chi connectivity index (χ0n) is 12.5. The predicted octanol–water partition coefficient (Wildman–Crippen LogP) is 5.96. The number of halogens is 1. The molecule has 2 aromatic heterocycles. The van der Waals surface area contributed by atoms with Crippen molar-refractivity contribution in [2.75, 3.05) is 0 Å². The van der Waals surface area contributed by atoms with Gasteiger partial charge < -0.3 is 0 Å². The Balaban J connectivity index is 1.83. The van der Waals surface area contributed by atoms with Crippen molar-refractivity contribution in [1.29, 1.82) is 0 Å². The molecule has 0 amide bonds. The van der Waals surface area contributed by atoms with E-state index in [1.54, 1.807) is 22.7 Å². The quantitative estimate of drug-likeness (QED) is 0.314. The first-order valence-corrected chi connectivity index (χ1v) is 9.80. The van der Waals surface area contributed by atoms with Crippen LogP contribution >= 0.6 is 38.6 Å². The second kappa shape index (κ2) is 4.85. The van der Waals surface area contributed by atoms with E-state index in [0.717, 1.165) is 24.0 Å². The summed E-state index contributed by atoms with van der Waals surface area (Å²) < 4.78 is 3.06. The lowest BCUT2D eigenvalue weighted by Gasteiger charge is -2.17. The second-order valence-corrected chi connectivity index (χ2v) is 9.69. The van der Waals surface area contributed by atoms with E-state index in [9.17, 15) is 9.59 Å². The number of fused-ring (bicyclic) bond motifs is 4. The second-order valence-electron chi connectivity index (χ2n) is 5.94. The summed E-state index contributed by atoms with van der Waals surface area (Å²) >= 11 is 6.69. The van der Waals surface area contributed by atoms with Gasteiger partial charge in [-0.3, -0.25) is 9.59 Å². The van der Waals surface area contributed by atoms with Crippen molar-refractivity contribution in [3.05, 3.63) is 67.3 Å². The van der Waals surface area contributed by atoms with E-state index in [2.05, 4.69) is 22.0 Å². The van der Waals surface area contributed by atoms with Crippen LogP contribution in [-0.4, -0.2) is 11.6 Å². The van der Waals surface area contributed by atoms with Gasteiger partial charge in [0.15, 0.2) is 11.6 Å². The number of carbonyl (C=O) groups is 2. The first-order valence-electron chi connectivity index (χ1n) is 7.38. The molecule has 5 rings (SSSR count). The van der Waals surface area contributed by atoms with Gasteiger partial charge in [0.25, 0.3) is 0 Å². The van der Waals surface area contributed by atoms with Crippen LogP contribution in [0.5, 0.6) is 0 Å². The van der Waals surface area contributed by atoms with Gasteiger partial charge in [-0.15, -0.1) is 22.7 Å². The van der Waals surface area contributed by atoms with E-state index in [0.29, 0.717) is 22.3 Å².